The summed E-state index contributed by atoms with van der Waals surface area (Å²) in [4.78, 5) is 26.6. The molecule has 0 aliphatic heterocycles. The van der Waals surface area contributed by atoms with Crippen LogP contribution in [-0.4, -0.2) is 46.6 Å². The van der Waals surface area contributed by atoms with Crippen LogP contribution in [0.5, 0.6) is 6.01 Å². The lowest BCUT2D eigenvalue weighted by atomic mass is 10.2. The van der Waals surface area contributed by atoms with E-state index in [1.54, 1.807) is 4.90 Å². The third kappa shape index (κ3) is 3.85. The maximum absolute atomic E-state index is 12.3. The van der Waals surface area contributed by atoms with E-state index in [0.29, 0.717) is 11.8 Å². The number of nitrogens with one attached hydrogen (secondary N) is 1. The van der Waals surface area contributed by atoms with Crippen molar-refractivity contribution in [3.63, 3.8) is 0 Å². The number of carbonyl (C=O) groups excluding carboxylic acids is 1. The van der Waals surface area contributed by atoms with Crippen molar-refractivity contribution in [3.8, 4) is 6.01 Å². The van der Waals surface area contributed by atoms with Crippen LogP contribution in [0, 0.1) is 0 Å². The van der Waals surface area contributed by atoms with Gasteiger partial charge in [-0.15, -0.1) is 0 Å². The number of methoxy groups -OCH3 is 1. The highest BCUT2D eigenvalue weighted by Crippen LogP contribution is 2.14. The van der Waals surface area contributed by atoms with Gasteiger partial charge in [0.25, 0.3) is 0 Å². The fraction of sp³-hybridized carbons (Fsp3) is 0.294. The van der Waals surface area contributed by atoms with Gasteiger partial charge in [0.15, 0.2) is 5.82 Å². The van der Waals surface area contributed by atoms with E-state index in [0.717, 1.165) is 10.9 Å². The van der Waals surface area contributed by atoms with Crippen molar-refractivity contribution in [1.29, 1.82) is 0 Å². The van der Waals surface area contributed by atoms with Gasteiger partial charge in [-0.2, -0.15) is 15.0 Å². The summed E-state index contributed by atoms with van der Waals surface area (Å²) in [6.07, 6.45) is 1.90. The number of fused-ring (bicyclic) bond motifs is 1. The fourth-order valence-electron chi connectivity index (χ4n) is 2.42. The smallest absolute Gasteiger partial charge is 0.321 e. The summed E-state index contributed by atoms with van der Waals surface area (Å²) in [7, 11) is 5.15. The third-order valence-electron chi connectivity index (χ3n) is 3.67. The second kappa shape index (κ2) is 7.16. The zero-order valence-corrected chi connectivity index (χ0v) is 14.4. The van der Waals surface area contributed by atoms with Crippen molar-refractivity contribution in [2.24, 2.45) is 0 Å². The minimum atomic E-state index is -0.118. The van der Waals surface area contributed by atoms with Gasteiger partial charge in [-0.1, -0.05) is 18.2 Å². The lowest BCUT2D eigenvalue weighted by Gasteiger charge is -2.12. The first-order chi connectivity index (χ1) is 12.1. The molecular formula is C17H20N6O2. The number of rotatable bonds is 6. The van der Waals surface area contributed by atoms with Gasteiger partial charge in [-0.05, 0) is 17.5 Å². The van der Waals surface area contributed by atoms with E-state index in [9.17, 15) is 4.79 Å². The molecule has 8 nitrogen and oxygen atoms in total. The molecule has 2 heterocycles. The summed E-state index contributed by atoms with van der Waals surface area (Å²) in [6, 6.07) is 10.1. The molecule has 0 unspecified atom stereocenters. The average Bonchev–Trinajstić information content (AvgIpc) is 3.02. The molecule has 1 aromatic carbocycles. The van der Waals surface area contributed by atoms with Crippen LogP contribution in [0.4, 0.5) is 5.95 Å². The van der Waals surface area contributed by atoms with Crippen LogP contribution in [0.15, 0.2) is 36.5 Å². The summed E-state index contributed by atoms with van der Waals surface area (Å²) in [5, 5.41) is 3.94. The van der Waals surface area contributed by atoms with Crippen LogP contribution in [0.2, 0.25) is 0 Å². The van der Waals surface area contributed by atoms with Crippen LogP contribution in [0.25, 0.3) is 10.9 Å². The molecule has 0 saturated heterocycles. The van der Waals surface area contributed by atoms with Crippen LogP contribution < -0.4 is 15.0 Å². The Morgan fingerprint density at radius 1 is 1.20 bits per heavy atom. The number of benzene rings is 1. The number of nitrogens with zero attached hydrogens (tertiary/aromatic N) is 5. The zero-order valence-electron chi connectivity index (χ0n) is 14.4. The third-order valence-corrected chi connectivity index (χ3v) is 3.67. The van der Waals surface area contributed by atoms with Crippen molar-refractivity contribution in [3.05, 3.63) is 42.4 Å². The predicted molar refractivity (Wildman–Crippen MR) is 94.5 cm³/mol. The van der Waals surface area contributed by atoms with E-state index in [2.05, 4.69) is 20.3 Å². The Labute approximate surface area is 145 Å². The minimum absolute atomic E-state index is 0.118. The number of hydrogen-bond acceptors (Lipinski definition) is 6. The van der Waals surface area contributed by atoms with Gasteiger partial charge < -0.3 is 19.5 Å². The number of carbonyl (C=O) groups is 1. The quantitative estimate of drug-likeness (QED) is 0.726. The minimum Gasteiger partial charge on any atom is -0.467 e. The van der Waals surface area contributed by atoms with Crippen LogP contribution in [0.1, 0.15) is 5.82 Å². The molecule has 0 atom stereocenters. The molecule has 1 amide bonds. The molecule has 0 bridgehead atoms. The molecule has 0 radical (unpaired) electrons. The molecule has 8 heteroatoms. The first kappa shape index (κ1) is 16.7. The Balaban J connectivity index is 1.67. The summed E-state index contributed by atoms with van der Waals surface area (Å²) < 4.78 is 6.99. The molecule has 0 fully saturated rings. The maximum Gasteiger partial charge on any atom is 0.321 e. The van der Waals surface area contributed by atoms with Gasteiger partial charge in [0, 0.05) is 25.8 Å². The maximum atomic E-state index is 12.3. The van der Waals surface area contributed by atoms with E-state index in [1.165, 1.54) is 7.11 Å². The fourth-order valence-corrected chi connectivity index (χ4v) is 2.42. The van der Waals surface area contributed by atoms with Gasteiger partial charge in [0.1, 0.15) is 6.54 Å². The Hall–Kier alpha value is -3.16. The number of ether oxygens (including phenoxy) is 1. The molecule has 0 spiro atoms. The molecule has 25 heavy (non-hydrogen) atoms. The van der Waals surface area contributed by atoms with E-state index in [1.807, 2.05) is 55.2 Å². The second-order valence-corrected chi connectivity index (χ2v) is 5.71. The van der Waals surface area contributed by atoms with E-state index in [-0.39, 0.29) is 25.0 Å². The van der Waals surface area contributed by atoms with Crippen molar-refractivity contribution < 1.29 is 9.53 Å². The van der Waals surface area contributed by atoms with E-state index >= 15 is 0 Å². The zero-order chi connectivity index (χ0) is 17.8. The SMILES string of the molecule is COc1nc(CNC(=O)Cn2ccc3ccccc32)nc(N(C)C)n1. The monoisotopic (exact) mass is 340 g/mol. The molecular weight excluding hydrogens is 320 g/mol. The summed E-state index contributed by atoms with van der Waals surface area (Å²) in [6.45, 7) is 0.439. The average molecular weight is 340 g/mol. The van der Waals surface area contributed by atoms with E-state index in [4.69, 9.17) is 4.74 Å². The van der Waals surface area contributed by atoms with Gasteiger partial charge in [-0.3, -0.25) is 4.79 Å². The predicted octanol–water partition coefficient (Wildman–Crippen LogP) is 1.22. The highest BCUT2D eigenvalue weighted by molar-refractivity contribution is 5.83. The van der Waals surface area contributed by atoms with Gasteiger partial charge >= 0.3 is 6.01 Å². The molecule has 2 aromatic heterocycles. The van der Waals surface area contributed by atoms with Gasteiger partial charge in [-0.25, -0.2) is 0 Å². The Morgan fingerprint density at radius 2 is 2.00 bits per heavy atom. The lowest BCUT2D eigenvalue weighted by Crippen LogP contribution is -2.28. The Kier molecular flexibility index (Phi) is 4.78. The normalized spacial score (nSPS) is 10.7. The van der Waals surface area contributed by atoms with Gasteiger partial charge in [0.2, 0.25) is 11.9 Å². The van der Waals surface area contributed by atoms with Crippen LogP contribution in [0.3, 0.4) is 0 Å². The number of amides is 1. The van der Waals surface area contributed by atoms with Crippen molar-refractivity contribution >= 4 is 22.8 Å². The van der Waals surface area contributed by atoms with Crippen LogP contribution in [-0.2, 0) is 17.9 Å². The van der Waals surface area contributed by atoms with Crippen LogP contribution >= 0.6 is 0 Å². The number of para-hydroxylation sites is 1. The summed E-state index contributed by atoms with van der Waals surface area (Å²) in [5.74, 6) is 0.806. The lowest BCUT2D eigenvalue weighted by molar-refractivity contribution is -0.121. The molecule has 3 rings (SSSR count). The standard InChI is InChI=1S/C17H20N6O2/c1-22(2)16-19-14(20-17(21-16)25-3)10-18-15(24)11-23-9-8-12-6-4-5-7-13(12)23/h4-9H,10-11H2,1-3H3,(H,18,24). The van der Waals surface area contributed by atoms with Gasteiger partial charge in [0.05, 0.1) is 13.7 Å². The highest BCUT2D eigenvalue weighted by Gasteiger charge is 2.10. The Morgan fingerprint density at radius 3 is 2.76 bits per heavy atom. The summed E-state index contributed by atoms with van der Waals surface area (Å²) in [5.41, 5.74) is 1.02. The Bertz CT molecular complexity index is 890. The molecule has 1 N–H and O–H groups in total. The van der Waals surface area contributed by atoms with Crippen molar-refractivity contribution in [2.45, 2.75) is 13.1 Å². The number of hydrogen-bond donors (Lipinski definition) is 1. The molecule has 0 aliphatic carbocycles. The molecule has 0 saturated carbocycles. The first-order valence-corrected chi connectivity index (χ1v) is 7.83. The topological polar surface area (TPSA) is 85.2 Å². The van der Waals surface area contributed by atoms with Crippen molar-refractivity contribution in [2.75, 3.05) is 26.1 Å². The molecule has 0 aliphatic rings. The van der Waals surface area contributed by atoms with E-state index < -0.39 is 0 Å². The largest absolute Gasteiger partial charge is 0.467 e. The molecule has 130 valence electrons. The summed E-state index contributed by atoms with van der Waals surface area (Å²) >= 11 is 0. The highest BCUT2D eigenvalue weighted by atomic mass is 16.5. The van der Waals surface area contributed by atoms with Crippen molar-refractivity contribution in [1.82, 2.24) is 24.8 Å². The molecule has 3 aromatic rings. The number of anilines is 1. The number of aromatic nitrogens is 4. The first-order valence-electron chi connectivity index (χ1n) is 7.83. The second-order valence-electron chi connectivity index (χ2n) is 5.71.